The second kappa shape index (κ2) is 17.1. The first kappa shape index (κ1) is 23.3. The molecule has 0 unspecified atom stereocenters. The van der Waals surface area contributed by atoms with Crippen LogP contribution in [-0.2, 0) is 0 Å². The summed E-state index contributed by atoms with van der Waals surface area (Å²) in [6.07, 6.45) is 24.3. The third-order valence-electron chi connectivity index (χ3n) is 5.19. The Kier molecular flexibility index (Phi) is 17.3. The Morgan fingerprint density at radius 3 is 1.04 bits per heavy atom. The molecule has 1 heteroatoms. The van der Waals surface area contributed by atoms with Gasteiger partial charge in [0.05, 0.1) is 0 Å². The van der Waals surface area contributed by atoms with E-state index in [1.807, 2.05) is 0 Å². The molecule has 0 aromatic carbocycles. The minimum atomic E-state index is 0.116. The van der Waals surface area contributed by atoms with Crippen LogP contribution in [0.3, 0.4) is 0 Å². The van der Waals surface area contributed by atoms with Crippen molar-refractivity contribution in [2.45, 2.75) is 141 Å². The van der Waals surface area contributed by atoms with Crippen LogP contribution in [0.25, 0.3) is 0 Å². The molecule has 0 N–H and O–H groups in total. The van der Waals surface area contributed by atoms with E-state index in [1.54, 1.807) is 0 Å². The highest BCUT2D eigenvalue weighted by Crippen LogP contribution is 2.35. The molecule has 0 radical (unpaired) electrons. The van der Waals surface area contributed by atoms with Gasteiger partial charge in [0.1, 0.15) is 0 Å². The first-order valence-electron chi connectivity index (χ1n) is 10.9. The Morgan fingerprint density at radius 2 is 0.696 bits per heavy atom. The monoisotopic (exact) mass is 344 g/mol. The molecular weight excluding hydrogens is 300 g/mol. The van der Waals surface area contributed by atoms with Gasteiger partial charge in [-0.15, -0.1) is 11.6 Å². The molecule has 0 saturated heterocycles. The third-order valence-corrected chi connectivity index (χ3v) is 5.75. The van der Waals surface area contributed by atoms with Crippen LogP contribution in [0.15, 0.2) is 0 Å². The third kappa shape index (κ3) is 15.6. The maximum atomic E-state index is 7.06. The van der Waals surface area contributed by atoms with Crippen molar-refractivity contribution in [2.24, 2.45) is 0 Å². The summed E-state index contributed by atoms with van der Waals surface area (Å²) in [7, 11) is 0. The van der Waals surface area contributed by atoms with Crippen LogP contribution in [0.2, 0.25) is 0 Å². The zero-order valence-electron chi connectivity index (χ0n) is 16.6. The van der Waals surface area contributed by atoms with E-state index >= 15 is 0 Å². The summed E-state index contributed by atoms with van der Waals surface area (Å²) in [5, 5.41) is 0. The normalized spacial score (nSPS) is 12.0. The standard InChI is InChI=1S/C22H45Cl/c1-4-7-10-13-14-15-18-21-22(23,19-16-11-8-5-2)20-17-12-9-6-3/h4-21H2,1-3H3. The molecule has 0 atom stereocenters. The number of rotatable bonds is 18. The van der Waals surface area contributed by atoms with E-state index in [1.165, 1.54) is 116 Å². The minimum absolute atomic E-state index is 0.116. The van der Waals surface area contributed by atoms with Crippen LogP contribution < -0.4 is 0 Å². The molecule has 0 heterocycles. The Labute approximate surface area is 153 Å². The molecule has 0 amide bonds. The average molecular weight is 345 g/mol. The van der Waals surface area contributed by atoms with Gasteiger partial charge >= 0.3 is 0 Å². The van der Waals surface area contributed by atoms with E-state index in [4.69, 9.17) is 11.6 Å². The van der Waals surface area contributed by atoms with E-state index in [-0.39, 0.29) is 4.87 Å². The highest BCUT2D eigenvalue weighted by atomic mass is 35.5. The fourth-order valence-electron chi connectivity index (χ4n) is 3.51. The summed E-state index contributed by atoms with van der Waals surface area (Å²) in [6, 6.07) is 0. The summed E-state index contributed by atoms with van der Waals surface area (Å²) in [5.74, 6) is 0. The van der Waals surface area contributed by atoms with Crippen molar-refractivity contribution >= 4 is 11.6 Å². The van der Waals surface area contributed by atoms with Gasteiger partial charge in [-0.2, -0.15) is 0 Å². The highest BCUT2D eigenvalue weighted by Gasteiger charge is 2.25. The molecule has 0 fully saturated rings. The van der Waals surface area contributed by atoms with E-state index in [2.05, 4.69) is 20.8 Å². The quantitative estimate of drug-likeness (QED) is 0.172. The molecule has 0 aliphatic rings. The number of hydrogen-bond donors (Lipinski definition) is 0. The molecular formula is C22H45Cl. The molecule has 0 aliphatic carbocycles. The van der Waals surface area contributed by atoms with Gasteiger partial charge in [0.25, 0.3) is 0 Å². The first-order chi connectivity index (χ1) is 11.2. The fourth-order valence-corrected chi connectivity index (χ4v) is 3.91. The average Bonchev–Trinajstić information content (AvgIpc) is 2.55. The number of halogens is 1. The summed E-state index contributed by atoms with van der Waals surface area (Å²) in [5.41, 5.74) is 0. The second-order valence-electron chi connectivity index (χ2n) is 7.64. The van der Waals surface area contributed by atoms with Gasteiger partial charge in [-0.25, -0.2) is 0 Å². The lowest BCUT2D eigenvalue weighted by Crippen LogP contribution is -2.21. The molecule has 0 rings (SSSR count). The molecule has 0 nitrogen and oxygen atoms in total. The summed E-state index contributed by atoms with van der Waals surface area (Å²) >= 11 is 7.06. The molecule has 0 aliphatic heterocycles. The Balaban J connectivity index is 3.94. The SMILES string of the molecule is CCCCCCCCCC(Cl)(CCCCCC)CCCCCC. The zero-order chi connectivity index (χ0) is 17.2. The Bertz CT molecular complexity index is 212. The minimum Gasteiger partial charge on any atom is -0.119 e. The van der Waals surface area contributed by atoms with Gasteiger partial charge in [0.2, 0.25) is 0 Å². The maximum absolute atomic E-state index is 7.06. The van der Waals surface area contributed by atoms with Gasteiger partial charge in [0, 0.05) is 4.87 Å². The van der Waals surface area contributed by atoms with Crippen LogP contribution in [0, 0.1) is 0 Å². The predicted molar refractivity (Wildman–Crippen MR) is 109 cm³/mol. The topological polar surface area (TPSA) is 0 Å². The van der Waals surface area contributed by atoms with Crippen molar-refractivity contribution in [3.05, 3.63) is 0 Å². The van der Waals surface area contributed by atoms with E-state index in [0.29, 0.717) is 0 Å². The van der Waals surface area contributed by atoms with Gasteiger partial charge in [-0.05, 0) is 19.3 Å². The molecule has 0 saturated carbocycles. The molecule has 23 heavy (non-hydrogen) atoms. The van der Waals surface area contributed by atoms with Gasteiger partial charge in [-0.3, -0.25) is 0 Å². The molecule has 0 aromatic heterocycles. The van der Waals surface area contributed by atoms with Crippen molar-refractivity contribution < 1.29 is 0 Å². The summed E-state index contributed by atoms with van der Waals surface area (Å²) in [6.45, 7) is 6.87. The molecule has 140 valence electrons. The lowest BCUT2D eigenvalue weighted by molar-refractivity contribution is 0.397. The molecule has 0 bridgehead atoms. The predicted octanol–water partition coefficient (Wildman–Crippen LogP) is 9.05. The van der Waals surface area contributed by atoms with Crippen molar-refractivity contribution in [3.8, 4) is 0 Å². The maximum Gasteiger partial charge on any atom is 0.0446 e. The van der Waals surface area contributed by atoms with Crippen molar-refractivity contribution in [2.75, 3.05) is 0 Å². The summed E-state index contributed by atoms with van der Waals surface area (Å²) in [4.78, 5) is 0.116. The van der Waals surface area contributed by atoms with Crippen LogP contribution in [0.5, 0.6) is 0 Å². The molecule has 0 aromatic rings. The van der Waals surface area contributed by atoms with E-state index < -0.39 is 0 Å². The van der Waals surface area contributed by atoms with Gasteiger partial charge in [0.15, 0.2) is 0 Å². The van der Waals surface area contributed by atoms with Gasteiger partial charge in [-0.1, -0.05) is 117 Å². The van der Waals surface area contributed by atoms with Crippen molar-refractivity contribution in [1.82, 2.24) is 0 Å². The largest absolute Gasteiger partial charge is 0.119 e. The fraction of sp³-hybridized carbons (Fsp3) is 1.00. The first-order valence-corrected chi connectivity index (χ1v) is 11.2. The van der Waals surface area contributed by atoms with Crippen LogP contribution >= 0.6 is 11.6 Å². The van der Waals surface area contributed by atoms with Crippen molar-refractivity contribution in [3.63, 3.8) is 0 Å². The Morgan fingerprint density at radius 1 is 0.435 bits per heavy atom. The lowest BCUT2D eigenvalue weighted by Gasteiger charge is -2.27. The smallest absolute Gasteiger partial charge is 0.0446 e. The second-order valence-corrected chi connectivity index (χ2v) is 8.45. The van der Waals surface area contributed by atoms with Crippen molar-refractivity contribution in [1.29, 1.82) is 0 Å². The zero-order valence-corrected chi connectivity index (χ0v) is 17.4. The number of hydrogen-bond acceptors (Lipinski definition) is 0. The van der Waals surface area contributed by atoms with E-state index in [0.717, 1.165) is 0 Å². The summed E-state index contributed by atoms with van der Waals surface area (Å²) < 4.78 is 0. The molecule has 0 spiro atoms. The Hall–Kier alpha value is 0.290. The highest BCUT2D eigenvalue weighted by molar-refractivity contribution is 6.23. The number of alkyl halides is 1. The van der Waals surface area contributed by atoms with Crippen LogP contribution in [-0.4, -0.2) is 4.87 Å². The number of unbranched alkanes of at least 4 members (excludes halogenated alkanes) is 12. The van der Waals surface area contributed by atoms with Crippen LogP contribution in [0.1, 0.15) is 136 Å². The van der Waals surface area contributed by atoms with Crippen LogP contribution in [0.4, 0.5) is 0 Å². The lowest BCUT2D eigenvalue weighted by atomic mass is 9.88. The van der Waals surface area contributed by atoms with E-state index in [9.17, 15) is 0 Å². The van der Waals surface area contributed by atoms with Gasteiger partial charge < -0.3 is 0 Å².